The van der Waals surface area contributed by atoms with E-state index in [1.807, 2.05) is 12.1 Å². The number of hydrogen-bond acceptors (Lipinski definition) is 4. The van der Waals surface area contributed by atoms with Crippen LogP contribution in [0.15, 0.2) is 94.1 Å². The topological polar surface area (TPSA) is 96.6 Å². The van der Waals surface area contributed by atoms with Gasteiger partial charge in [-0.2, -0.15) is 0 Å². The van der Waals surface area contributed by atoms with Gasteiger partial charge < -0.3 is 14.8 Å². The summed E-state index contributed by atoms with van der Waals surface area (Å²) in [7, 11) is 0. The highest BCUT2D eigenvalue weighted by Gasteiger charge is 2.22. The summed E-state index contributed by atoms with van der Waals surface area (Å²) in [6.45, 7) is 0. The summed E-state index contributed by atoms with van der Waals surface area (Å²) in [6, 6.07) is 22.6. The predicted octanol–water partition coefficient (Wildman–Crippen LogP) is 4.02. The molecule has 0 bridgehead atoms. The van der Waals surface area contributed by atoms with Gasteiger partial charge in [-0.05, 0) is 35.4 Å². The average Bonchev–Trinajstić information content (AvgIpc) is 2.77. The highest BCUT2D eigenvalue weighted by Crippen LogP contribution is 2.22. The Hall–Kier alpha value is -4.19. The Bertz CT molecular complexity index is 1290. The van der Waals surface area contributed by atoms with Crippen molar-refractivity contribution in [1.82, 2.24) is 5.32 Å². The van der Waals surface area contributed by atoms with Crippen LogP contribution in [0.1, 0.15) is 22.0 Å². The van der Waals surface area contributed by atoms with Crippen molar-refractivity contribution >= 4 is 22.8 Å². The van der Waals surface area contributed by atoms with E-state index in [-0.39, 0.29) is 5.56 Å². The molecular weight excluding hydrogens is 382 g/mol. The van der Waals surface area contributed by atoms with Gasteiger partial charge in [0.2, 0.25) is 0 Å². The first-order chi connectivity index (χ1) is 14.5. The molecule has 4 aromatic rings. The van der Waals surface area contributed by atoms with Gasteiger partial charge in [-0.3, -0.25) is 4.79 Å². The Morgan fingerprint density at radius 3 is 2.37 bits per heavy atom. The number of carbonyl (C=O) groups is 2. The number of hydrogen-bond donors (Lipinski definition) is 2. The van der Waals surface area contributed by atoms with Crippen molar-refractivity contribution in [3.05, 3.63) is 106 Å². The lowest BCUT2D eigenvalue weighted by molar-refractivity contribution is -0.139. The number of carboxylic acids is 1. The van der Waals surface area contributed by atoms with Crippen LogP contribution in [0.4, 0.5) is 0 Å². The molecule has 4 rings (SSSR count). The molecule has 0 radical (unpaired) electrons. The van der Waals surface area contributed by atoms with Gasteiger partial charge in [-0.1, -0.05) is 60.7 Å². The summed E-state index contributed by atoms with van der Waals surface area (Å²) in [6.07, 6.45) is 0. The fourth-order valence-corrected chi connectivity index (χ4v) is 3.24. The quantitative estimate of drug-likeness (QED) is 0.494. The molecule has 3 aromatic carbocycles. The Kier molecular flexibility index (Phi) is 5.13. The van der Waals surface area contributed by atoms with Crippen molar-refractivity contribution < 1.29 is 19.1 Å². The van der Waals surface area contributed by atoms with Crippen LogP contribution in [0.3, 0.4) is 0 Å². The average molecular weight is 399 g/mol. The Morgan fingerprint density at radius 2 is 1.60 bits per heavy atom. The van der Waals surface area contributed by atoms with Gasteiger partial charge in [0.1, 0.15) is 5.58 Å². The van der Waals surface area contributed by atoms with Gasteiger partial charge in [0, 0.05) is 10.9 Å². The zero-order chi connectivity index (χ0) is 21.1. The second-order valence-electron chi connectivity index (χ2n) is 6.72. The second kappa shape index (κ2) is 8.05. The third-order valence-corrected chi connectivity index (χ3v) is 4.73. The minimum absolute atomic E-state index is 0.238. The van der Waals surface area contributed by atoms with E-state index in [9.17, 15) is 19.5 Å². The van der Waals surface area contributed by atoms with E-state index in [2.05, 4.69) is 5.32 Å². The van der Waals surface area contributed by atoms with Crippen molar-refractivity contribution in [3.63, 3.8) is 0 Å². The Morgan fingerprint density at radius 1 is 0.867 bits per heavy atom. The third-order valence-electron chi connectivity index (χ3n) is 4.73. The second-order valence-corrected chi connectivity index (χ2v) is 6.72. The molecule has 6 heteroatoms. The van der Waals surface area contributed by atoms with Crippen molar-refractivity contribution in [2.45, 2.75) is 6.04 Å². The van der Waals surface area contributed by atoms with Crippen LogP contribution in [0.25, 0.3) is 22.1 Å². The Balaban J connectivity index is 1.66. The van der Waals surface area contributed by atoms with Gasteiger partial charge in [-0.25, -0.2) is 9.59 Å². The molecule has 1 atom stereocenters. The first-order valence-corrected chi connectivity index (χ1v) is 9.25. The van der Waals surface area contributed by atoms with Crippen LogP contribution in [-0.4, -0.2) is 17.0 Å². The zero-order valence-corrected chi connectivity index (χ0v) is 15.7. The van der Waals surface area contributed by atoms with E-state index in [1.54, 1.807) is 72.8 Å². The SMILES string of the molecule is O=C(N[C@@H](C(=O)O)c1ccccc1)c1cccc(-c2cc3ccccc3oc2=O)c1. The van der Waals surface area contributed by atoms with E-state index in [0.29, 0.717) is 22.3 Å². The molecule has 0 aliphatic rings. The van der Waals surface area contributed by atoms with Crippen LogP contribution in [0.5, 0.6) is 0 Å². The van der Waals surface area contributed by atoms with Gasteiger partial charge >= 0.3 is 11.6 Å². The summed E-state index contributed by atoms with van der Waals surface area (Å²) in [4.78, 5) is 36.8. The summed E-state index contributed by atoms with van der Waals surface area (Å²) in [5, 5.41) is 12.8. The van der Waals surface area contributed by atoms with Crippen LogP contribution in [0, 0.1) is 0 Å². The molecule has 0 saturated carbocycles. The number of para-hydroxylation sites is 1. The fourth-order valence-electron chi connectivity index (χ4n) is 3.24. The van der Waals surface area contributed by atoms with E-state index in [0.717, 1.165) is 5.39 Å². The maximum atomic E-state index is 12.7. The molecule has 30 heavy (non-hydrogen) atoms. The lowest BCUT2D eigenvalue weighted by Gasteiger charge is -2.15. The minimum atomic E-state index is -1.19. The van der Waals surface area contributed by atoms with Gasteiger partial charge in [-0.15, -0.1) is 0 Å². The normalized spacial score (nSPS) is 11.7. The van der Waals surface area contributed by atoms with Gasteiger partial charge in [0.05, 0.1) is 5.56 Å². The lowest BCUT2D eigenvalue weighted by atomic mass is 10.0. The zero-order valence-electron chi connectivity index (χ0n) is 15.7. The van der Waals surface area contributed by atoms with Gasteiger partial charge in [0.25, 0.3) is 5.91 Å². The highest BCUT2D eigenvalue weighted by molar-refractivity contribution is 5.98. The van der Waals surface area contributed by atoms with Crippen LogP contribution in [0.2, 0.25) is 0 Å². The van der Waals surface area contributed by atoms with E-state index < -0.39 is 23.5 Å². The maximum Gasteiger partial charge on any atom is 0.344 e. The molecule has 1 amide bonds. The summed E-state index contributed by atoms with van der Waals surface area (Å²) < 4.78 is 5.37. The number of carboxylic acid groups (broad SMARTS) is 1. The van der Waals surface area contributed by atoms with E-state index >= 15 is 0 Å². The molecule has 0 aliphatic carbocycles. The number of fused-ring (bicyclic) bond motifs is 1. The summed E-state index contributed by atoms with van der Waals surface area (Å²) >= 11 is 0. The number of amides is 1. The fraction of sp³-hybridized carbons (Fsp3) is 0.0417. The summed E-state index contributed by atoms with van der Waals surface area (Å²) in [5.41, 5.74) is 1.49. The van der Waals surface area contributed by atoms with Gasteiger partial charge in [0.15, 0.2) is 6.04 Å². The first kappa shape index (κ1) is 19.1. The molecule has 2 N–H and O–H groups in total. The molecule has 148 valence electrons. The molecule has 0 spiro atoms. The van der Waals surface area contributed by atoms with Crippen molar-refractivity contribution in [2.75, 3.05) is 0 Å². The first-order valence-electron chi connectivity index (χ1n) is 9.25. The molecular formula is C24H17NO5. The van der Waals surface area contributed by atoms with Crippen LogP contribution in [-0.2, 0) is 4.79 Å². The minimum Gasteiger partial charge on any atom is -0.479 e. The van der Waals surface area contributed by atoms with Crippen molar-refractivity contribution in [2.24, 2.45) is 0 Å². The number of aliphatic carboxylic acids is 1. The highest BCUT2D eigenvalue weighted by atomic mass is 16.4. The Labute approximate surface area is 171 Å². The van der Waals surface area contributed by atoms with E-state index in [1.165, 1.54) is 0 Å². The molecule has 0 unspecified atom stereocenters. The van der Waals surface area contributed by atoms with Crippen LogP contribution < -0.4 is 10.9 Å². The summed E-state index contributed by atoms with van der Waals surface area (Å²) in [5.74, 6) is -1.72. The molecule has 0 saturated heterocycles. The van der Waals surface area contributed by atoms with Crippen LogP contribution >= 0.6 is 0 Å². The van der Waals surface area contributed by atoms with Crippen molar-refractivity contribution in [3.8, 4) is 11.1 Å². The lowest BCUT2D eigenvalue weighted by Crippen LogP contribution is -2.33. The molecule has 1 aromatic heterocycles. The largest absolute Gasteiger partial charge is 0.479 e. The number of benzene rings is 3. The molecule has 1 heterocycles. The molecule has 6 nitrogen and oxygen atoms in total. The number of nitrogens with one attached hydrogen (secondary N) is 1. The maximum absolute atomic E-state index is 12.7. The smallest absolute Gasteiger partial charge is 0.344 e. The third kappa shape index (κ3) is 3.84. The molecule has 0 fully saturated rings. The van der Waals surface area contributed by atoms with Crippen molar-refractivity contribution in [1.29, 1.82) is 0 Å². The standard InChI is InChI=1S/C24H17NO5/c26-22(25-21(23(27)28)15-7-2-1-3-8-15)18-11-6-10-16(13-18)19-14-17-9-4-5-12-20(17)30-24(19)29/h1-14,21H,(H,25,26)(H,27,28)/t21-/m1/s1. The monoisotopic (exact) mass is 399 g/mol. The number of rotatable bonds is 5. The molecule has 0 aliphatic heterocycles. The number of carbonyl (C=O) groups excluding carboxylic acids is 1. The van der Waals surface area contributed by atoms with E-state index in [4.69, 9.17) is 4.42 Å². The predicted molar refractivity (Wildman–Crippen MR) is 112 cm³/mol.